The van der Waals surface area contributed by atoms with Crippen molar-refractivity contribution in [2.45, 2.75) is 115 Å². The molecule has 0 aliphatic heterocycles. The van der Waals surface area contributed by atoms with Gasteiger partial charge in [-0.05, 0) is 24.7 Å². The van der Waals surface area contributed by atoms with E-state index in [1.807, 2.05) is 0 Å². The van der Waals surface area contributed by atoms with Crippen LogP contribution in [0.15, 0.2) is 0 Å². The molecular weight excluding hydrogens is 498 g/mol. The van der Waals surface area contributed by atoms with Crippen LogP contribution in [0.1, 0.15) is 103 Å². The Morgan fingerprint density at radius 2 is 1.36 bits per heavy atom. The van der Waals surface area contributed by atoms with Gasteiger partial charge < -0.3 is 34.0 Å². The summed E-state index contributed by atoms with van der Waals surface area (Å²) < 4.78 is 25.2. The van der Waals surface area contributed by atoms with Crippen LogP contribution in [-0.4, -0.2) is 59.9 Å². The van der Waals surface area contributed by atoms with E-state index in [1.54, 1.807) is 0 Å². The van der Waals surface area contributed by atoms with Crippen molar-refractivity contribution in [1.29, 1.82) is 0 Å². The van der Waals surface area contributed by atoms with E-state index in [9.17, 15) is 19.4 Å². The van der Waals surface area contributed by atoms with Crippen LogP contribution in [0.3, 0.4) is 0 Å². The first-order valence-corrected chi connectivity index (χ1v) is 15.0. The number of carbonyl (C=O) groups is 1. The Morgan fingerprint density at radius 3 is 1.92 bits per heavy atom. The first-order valence-electron chi connectivity index (χ1n) is 13.5. The Morgan fingerprint density at radius 1 is 0.861 bits per heavy atom. The first kappa shape index (κ1) is 36.5. The van der Waals surface area contributed by atoms with Crippen LogP contribution in [0, 0.1) is 11.8 Å². The van der Waals surface area contributed by atoms with E-state index in [1.165, 1.54) is 70.6 Å². The zero-order chi connectivity index (χ0) is 25.9. The summed E-state index contributed by atoms with van der Waals surface area (Å²) in [6, 6.07) is 0. The van der Waals surface area contributed by atoms with Crippen LogP contribution < -0.4 is 34.5 Å². The fraction of sp³-hybridized carbons (Fsp3) is 0.960. The summed E-state index contributed by atoms with van der Waals surface area (Å²) in [6.45, 7) is -0.0564. The molecule has 3 N–H and O–H groups in total. The summed E-state index contributed by atoms with van der Waals surface area (Å²) in [4.78, 5) is 23.2. The molecule has 0 aromatic rings. The molecule has 1 aliphatic carbocycles. The van der Waals surface area contributed by atoms with E-state index in [-0.39, 0.29) is 42.6 Å². The maximum absolute atomic E-state index is 11.8. The Balaban J connectivity index is 0.0000122. The van der Waals surface area contributed by atoms with Gasteiger partial charge in [-0.15, -0.1) is 0 Å². The molecule has 1 fully saturated rings. The number of carbonyl (C=O) groups excluding carboxylic acids is 1. The molecule has 0 bridgehead atoms. The quantitative estimate of drug-likeness (QED) is 0.0695. The molecule has 0 spiro atoms. The molecule has 208 valence electrons. The minimum atomic E-state index is -4.73. The second kappa shape index (κ2) is 22.3. The van der Waals surface area contributed by atoms with Crippen LogP contribution in [-0.2, 0) is 23.1 Å². The van der Waals surface area contributed by atoms with Gasteiger partial charge in [-0.2, -0.15) is 0 Å². The van der Waals surface area contributed by atoms with Crippen LogP contribution >= 0.6 is 7.82 Å². The van der Waals surface area contributed by atoms with Gasteiger partial charge in [0, 0.05) is 6.42 Å². The number of phosphoric acid groups is 1. The molecule has 9 nitrogen and oxygen atoms in total. The van der Waals surface area contributed by atoms with Gasteiger partial charge in [-0.1, -0.05) is 84.0 Å². The molecule has 0 amide bonds. The Kier molecular flexibility index (Phi) is 22.6. The molecule has 1 aliphatic rings. The van der Waals surface area contributed by atoms with Crippen molar-refractivity contribution in [3.8, 4) is 0 Å². The molecule has 5 atom stereocenters. The Hall–Kier alpha value is 0.460. The van der Waals surface area contributed by atoms with E-state index in [2.05, 4.69) is 16.0 Å². The van der Waals surface area contributed by atoms with Crippen molar-refractivity contribution in [2.75, 3.05) is 26.4 Å². The van der Waals surface area contributed by atoms with Gasteiger partial charge in [-0.25, -0.2) is 0 Å². The summed E-state index contributed by atoms with van der Waals surface area (Å²) in [5.74, 6) is 1.57. The fourth-order valence-corrected chi connectivity index (χ4v) is 4.95. The number of hydrogen-bond donors (Lipinski definition) is 3. The Labute approximate surface area is 239 Å². The zero-order valence-electron chi connectivity index (χ0n) is 22.5. The van der Waals surface area contributed by atoms with Crippen molar-refractivity contribution in [2.24, 2.45) is 11.8 Å². The van der Waals surface area contributed by atoms with E-state index >= 15 is 0 Å². The van der Waals surface area contributed by atoms with Gasteiger partial charge in [0.2, 0.25) is 0 Å². The number of ether oxygens (including phenoxy) is 1. The molecule has 1 saturated carbocycles. The zero-order valence-corrected chi connectivity index (χ0v) is 25.4. The molecule has 0 radical (unpaired) electrons. The van der Waals surface area contributed by atoms with E-state index in [0.29, 0.717) is 0 Å². The molecule has 0 aromatic carbocycles. The topological polar surface area (TPSA) is 146 Å². The number of aliphatic hydroxyl groups excluding tert-OH is 3. The predicted molar refractivity (Wildman–Crippen MR) is 131 cm³/mol. The van der Waals surface area contributed by atoms with Crippen molar-refractivity contribution in [1.82, 2.24) is 0 Å². The van der Waals surface area contributed by atoms with Crippen LogP contribution in [0.25, 0.3) is 0 Å². The largest absolute Gasteiger partial charge is 1.00 e. The number of rotatable bonds is 24. The van der Waals surface area contributed by atoms with E-state index in [0.717, 1.165) is 31.1 Å². The molecule has 0 saturated heterocycles. The third-order valence-corrected chi connectivity index (χ3v) is 7.38. The number of hydrogen-bond acceptors (Lipinski definition) is 9. The van der Waals surface area contributed by atoms with E-state index < -0.39 is 45.8 Å². The molecular formula is C25H48NaO9P. The van der Waals surface area contributed by atoms with E-state index in [4.69, 9.17) is 14.9 Å². The summed E-state index contributed by atoms with van der Waals surface area (Å²) in [5.41, 5.74) is 0. The average molecular weight is 547 g/mol. The van der Waals surface area contributed by atoms with Gasteiger partial charge >= 0.3 is 35.5 Å². The second-order valence-corrected chi connectivity index (χ2v) is 11.2. The van der Waals surface area contributed by atoms with Gasteiger partial charge in [0.1, 0.15) is 18.8 Å². The number of phosphoric ester groups is 1. The standard InChI is InChI=1S/C25H49O9P.Na/c1-2-3-4-10-13-21-16-22(21)14-11-8-6-5-7-9-12-15-25(29)32-18-24(28)20-34-35(30,31)33-19-23(27)17-26;/h21-24,26-28H,2-20H2,1H3,(H,30,31);/q;+1/p-1/t21?,22?,23?,24-;/m0./s1. The molecule has 36 heavy (non-hydrogen) atoms. The third kappa shape index (κ3) is 20.4. The number of unbranched alkanes of at least 4 members (excludes halogenated alkanes) is 9. The molecule has 4 unspecified atom stereocenters. The number of aliphatic hydroxyl groups is 3. The van der Waals surface area contributed by atoms with Crippen LogP contribution in [0.2, 0.25) is 0 Å². The maximum atomic E-state index is 11.8. The maximum Gasteiger partial charge on any atom is 1.00 e. The first-order chi connectivity index (χ1) is 16.8. The molecule has 11 heteroatoms. The molecule has 0 heterocycles. The normalized spacial score (nSPS) is 20.2. The second-order valence-electron chi connectivity index (χ2n) is 9.83. The van der Waals surface area contributed by atoms with Gasteiger partial charge in [-0.3, -0.25) is 9.36 Å². The summed E-state index contributed by atoms with van der Waals surface area (Å²) >= 11 is 0. The van der Waals surface area contributed by atoms with Crippen molar-refractivity contribution in [3.63, 3.8) is 0 Å². The van der Waals surface area contributed by atoms with Crippen molar-refractivity contribution >= 4 is 13.8 Å². The van der Waals surface area contributed by atoms with Crippen LogP contribution in [0.5, 0.6) is 0 Å². The predicted octanol–water partition coefficient (Wildman–Crippen LogP) is 0.867. The minimum Gasteiger partial charge on any atom is -0.756 e. The molecule has 1 rings (SSSR count). The SMILES string of the molecule is CCCCCCC1CC1CCCCCCCCCC(=O)OC[C@H](O)COP(=O)([O-])OCC(O)CO.[Na+]. The van der Waals surface area contributed by atoms with Crippen molar-refractivity contribution < 1.29 is 72.9 Å². The van der Waals surface area contributed by atoms with Crippen LogP contribution in [0.4, 0.5) is 0 Å². The molecule has 0 aromatic heterocycles. The van der Waals surface area contributed by atoms with Gasteiger partial charge in [0.05, 0.1) is 19.8 Å². The van der Waals surface area contributed by atoms with Crippen molar-refractivity contribution in [3.05, 3.63) is 0 Å². The van der Waals surface area contributed by atoms with Gasteiger partial charge in [0.25, 0.3) is 7.82 Å². The monoisotopic (exact) mass is 546 g/mol. The summed E-state index contributed by atoms with van der Waals surface area (Å²) in [5, 5.41) is 27.4. The smallest absolute Gasteiger partial charge is 0.756 e. The number of esters is 1. The minimum absolute atomic E-state index is 0. The summed E-state index contributed by atoms with van der Waals surface area (Å²) in [6.07, 6.45) is 15.2. The fourth-order valence-electron chi connectivity index (χ4n) is 4.16. The third-order valence-electron chi connectivity index (χ3n) is 6.45. The summed E-state index contributed by atoms with van der Waals surface area (Å²) in [7, 11) is -4.73. The average Bonchev–Trinajstić information content (AvgIpc) is 3.59. The Bertz CT molecular complexity index is 596. The van der Waals surface area contributed by atoms with Gasteiger partial charge in [0.15, 0.2) is 0 Å².